The highest BCUT2D eigenvalue weighted by Gasteiger charge is 2.11. The Labute approximate surface area is 126 Å². The number of benzene rings is 2. The first-order valence-corrected chi connectivity index (χ1v) is 6.46. The zero-order valence-electron chi connectivity index (χ0n) is 11.7. The lowest BCUT2D eigenvalue weighted by molar-refractivity contribution is -0.385. The molecule has 0 heterocycles. The molecule has 1 amide bonds. The van der Waals surface area contributed by atoms with Gasteiger partial charge in [0, 0.05) is 29.0 Å². The number of nitro groups is 1. The molecule has 0 unspecified atom stereocenters. The summed E-state index contributed by atoms with van der Waals surface area (Å²) in [4.78, 5) is 22.1. The van der Waals surface area contributed by atoms with Crippen molar-refractivity contribution in [2.75, 3.05) is 5.32 Å². The van der Waals surface area contributed by atoms with Gasteiger partial charge >= 0.3 is 0 Å². The number of nitrogens with one attached hydrogen (secondary N) is 1. The number of nitrogens with zero attached hydrogens (tertiary/aromatic N) is 1. The van der Waals surface area contributed by atoms with Gasteiger partial charge in [-0.3, -0.25) is 14.9 Å². The highest BCUT2D eigenvalue weighted by molar-refractivity contribution is 6.02. The molecule has 0 aliphatic rings. The standard InChI is InChI=1S/C16H13FN2O3/c1-11-6-8-13(10-15(11)19(21)22)18-16(20)9-7-12-4-2-3-5-14(12)17/h2-10H,1H3,(H,18,20)/b9-7+. The van der Waals surface area contributed by atoms with Crippen LogP contribution in [-0.2, 0) is 4.79 Å². The average Bonchev–Trinajstić information content (AvgIpc) is 2.48. The molecule has 0 saturated carbocycles. The van der Waals surface area contributed by atoms with Crippen LogP contribution in [0.3, 0.4) is 0 Å². The van der Waals surface area contributed by atoms with E-state index in [1.807, 2.05) is 0 Å². The Hall–Kier alpha value is -3.02. The van der Waals surface area contributed by atoms with Crippen molar-refractivity contribution in [1.82, 2.24) is 0 Å². The molecule has 0 aliphatic heterocycles. The molecule has 0 aromatic heterocycles. The number of hydrogen-bond donors (Lipinski definition) is 1. The van der Waals surface area contributed by atoms with E-state index in [4.69, 9.17) is 0 Å². The molecular formula is C16H13FN2O3. The van der Waals surface area contributed by atoms with Gasteiger partial charge in [0.2, 0.25) is 5.91 Å². The summed E-state index contributed by atoms with van der Waals surface area (Å²) in [5.74, 6) is -0.932. The normalized spacial score (nSPS) is 10.6. The third kappa shape index (κ3) is 3.76. The maximum atomic E-state index is 13.4. The summed E-state index contributed by atoms with van der Waals surface area (Å²) in [6.45, 7) is 1.61. The maximum absolute atomic E-state index is 13.4. The number of halogens is 1. The zero-order chi connectivity index (χ0) is 16.1. The first-order valence-electron chi connectivity index (χ1n) is 6.46. The molecule has 112 valence electrons. The van der Waals surface area contributed by atoms with Gasteiger partial charge in [-0.1, -0.05) is 24.3 Å². The minimum Gasteiger partial charge on any atom is -0.322 e. The van der Waals surface area contributed by atoms with E-state index < -0.39 is 16.6 Å². The van der Waals surface area contributed by atoms with Crippen LogP contribution in [0.25, 0.3) is 6.08 Å². The van der Waals surface area contributed by atoms with Gasteiger partial charge in [-0.05, 0) is 25.1 Å². The summed E-state index contributed by atoms with van der Waals surface area (Å²) < 4.78 is 13.4. The number of aryl methyl sites for hydroxylation is 1. The van der Waals surface area contributed by atoms with Crippen molar-refractivity contribution in [3.05, 3.63) is 75.6 Å². The van der Waals surface area contributed by atoms with E-state index in [0.717, 1.165) is 0 Å². The Morgan fingerprint density at radius 2 is 2.00 bits per heavy atom. The lowest BCUT2D eigenvalue weighted by atomic mass is 10.2. The van der Waals surface area contributed by atoms with E-state index in [1.54, 1.807) is 31.2 Å². The van der Waals surface area contributed by atoms with E-state index in [0.29, 0.717) is 11.3 Å². The Balaban J connectivity index is 2.11. The van der Waals surface area contributed by atoms with E-state index in [1.165, 1.54) is 30.4 Å². The van der Waals surface area contributed by atoms with E-state index >= 15 is 0 Å². The second-order valence-electron chi connectivity index (χ2n) is 4.60. The fraction of sp³-hybridized carbons (Fsp3) is 0.0625. The minimum atomic E-state index is -0.514. The van der Waals surface area contributed by atoms with Crippen molar-refractivity contribution in [1.29, 1.82) is 0 Å². The van der Waals surface area contributed by atoms with Crippen LogP contribution in [0.1, 0.15) is 11.1 Å². The molecule has 0 bridgehead atoms. The van der Waals surface area contributed by atoms with Crippen LogP contribution < -0.4 is 5.32 Å². The molecule has 2 aromatic rings. The summed E-state index contributed by atoms with van der Waals surface area (Å²) in [6.07, 6.45) is 2.51. The predicted octanol–water partition coefficient (Wildman–Crippen LogP) is 3.69. The molecule has 0 spiro atoms. The van der Waals surface area contributed by atoms with Crippen LogP contribution in [-0.4, -0.2) is 10.8 Å². The molecular weight excluding hydrogens is 287 g/mol. The highest BCUT2D eigenvalue weighted by Crippen LogP contribution is 2.22. The van der Waals surface area contributed by atoms with Crippen molar-refractivity contribution < 1.29 is 14.1 Å². The molecule has 0 atom stereocenters. The van der Waals surface area contributed by atoms with Gasteiger partial charge in [-0.2, -0.15) is 0 Å². The fourth-order valence-electron chi connectivity index (χ4n) is 1.84. The number of nitro benzene ring substituents is 1. The summed E-state index contributed by atoms with van der Waals surface area (Å²) in [6, 6.07) is 10.4. The van der Waals surface area contributed by atoms with Crippen LogP contribution in [0.5, 0.6) is 0 Å². The first-order chi connectivity index (χ1) is 10.5. The third-order valence-electron chi connectivity index (χ3n) is 2.99. The van der Waals surface area contributed by atoms with Crippen LogP contribution in [0.2, 0.25) is 0 Å². The lowest BCUT2D eigenvalue weighted by Gasteiger charge is -2.03. The molecule has 2 rings (SSSR count). The zero-order valence-corrected chi connectivity index (χ0v) is 11.7. The summed E-state index contributed by atoms with van der Waals surface area (Å²) >= 11 is 0. The van der Waals surface area contributed by atoms with Gasteiger partial charge in [0.1, 0.15) is 5.82 Å². The first kappa shape index (κ1) is 15.4. The Kier molecular flexibility index (Phi) is 4.63. The minimum absolute atomic E-state index is 0.0733. The number of carbonyl (C=O) groups excluding carboxylic acids is 1. The summed E-state index contributed by atoms with van der Waals surface area (Å²) in [7, 11) is 0. The van der Waals surface area contributed by atoms with E-state index in [-0.39, 0.29) is 11.3 Å². The molecule has 2 aromatic carbocycles. The molecule has 6 heteroatoms. The van der Waals surface area contributed by atoms with Crippen molar-refractivity contribution >= 4 is 23.4 Å². The van der Waals surface area contributed by atoms with Gasteiger partial charge in [0.15, 0.2) is 0 Å². The Bertz CT molecular complexity index is 757. The second kappa shape index (κ2) is 6.62. The monoisotopic (exact) mass is 300 g/mol. The van der Waals surface area contributed by atoms with Crippen LogP contribution in [0.15, 0.2) is 48.5 Å². The quantitative estimate of drug-likeness (QED) is 0.531. The lowest BCUT2D eigenvalue weighted by Crippen LogP contribution is -2.08. The van der Waals surface area contributed by atoms with Gasteiger partial charge in [-0.15, -0.1) is 0 Å². The van der Waals surface area contributed by atoms with Crippen LogP contribution >= 0.6 is 0 Å². The van der Waals surface area contributed by atoms with Gasteiger partial charge in [0.25, 0.3) is 5.69 Å². The van der Waals surface area contributed by atoms with Crippen molar-refractivity contribution in [3.8, 4) is 0 Å². The van der Waals surface area contributed by atoms with E-state index in [9.17, 15) is 19.3 Å². The fourth-order valence-corrected chi connectivity index (χ4v) is 1.84. The van der Waals surface area contributed by atoms with Crippen molar-refractivity contribution in [2.45, 2.75) is 6.92 Å². The number of hydrogen-bond acceptors (Lipinski definition) is 3. The number of carbonyl (C=O) groups is 1. The molecule has 0 saturated heterocycles. The third-order valence-corrected chi connectivity index (χ3v) is 2.99. The number of amides is 1. The molecule has 1 N–H and O–H groups in total. The molecule has 0 radical (unpaired) electrons. The van der Waals surface area contributed by atoms with E-state index in [2.05, 4.69) is 5.32 Å². The molecule has 0 aliphatic carbocycles. The van der Waals surface area contributed by atoms with Gasteiger partial charge in [-0.25, -0.2) is 4.39 Å². The number of anilines is 1. The summed E-state index contributed by atoms with van der Waals surface area (Å²) in [5, 5.41) is 13.3. The topological polar surface area (TPSA) is 72.2 Å². The smallest absolute Gasteiger partial charge is 0.274 e. The van der Waals surface area contributed by atoms with Crippen molar-refractivity contribution in [3.63, 3.8) is 0 Å². The predicted molar refractivity (Wildman–Crippen MR) is 81.9 cm³/mol. The van der Waals surface area contributed by atoms with Crippen LogP contribution in [0.4, 0.5) is 15.8 Å². The largest absolute Gasteiger partial charge is 0.322 e. The van der Waals surface area contributed by atoms with Gasteiger partial charge < -0.3 is 5.32 Å². The highest BCUT2D eigenvalue weighted by atomic mass is 19.1. The number of rotatable bonds is 4. The molecule has 0 fully saturated rings. The Morgan fingerprint density at radius 1 is 1.27 bits per heavy atom. The van der Waals surface area contributed by atoms with Crippen LogP contribution in [0, 0.1) is 22.9 Å². The maximum Gasteiger partial charge on any atom is 0.274 e. The summed E-state index contributed by atoms with van der Waals surface area (Å²) in [5.41, 5.74) is 1.02. The molecule has 5 nitrogen and oxygen atoms in total. The average molecular weight is 300 g/mol. The van der Waals surface area contributed by atoms with Crippen molar-refractivity contribution in [2.24, 2.45) is 0 Å². The second-order valence-corrected chi connectivity index (χ2v) is 4.60. The molecule has 22 heavy (non-hydrogen) atoms. The van der Waals surface area contributed by atoms with Gasteiger partial charge in [0.05, 0.1) is 4.92 Å². The Morgan fingerprint density at radius 3 is 2.68 bits per heavy atom. The SMILES string of the molecule is Cc1ccc(NC(=O)/C=C/c2ccccc2F)cc1[N+](=O)[O-].